The average Bonchev–Trinajstić information content (AvgIpc) is 2.30. The molecule has 0 aliphatic rings. The maximum absolute atomic E-state index is 5.60. The fourth-order valence-corrected chi connectivity index (χ4v) is 2.10. The minimum Gasteiger partial charge on any atom is -0.351 e. The van der Waals surface area contributed by atoms with Gasteiger partial charge in [-0.2, -0.15) is 0 Å². The zero-order chi connectivity index (χ0) is 11.8. The van der Waals surface area contributed by atoms with Gasteiger partial charge in [-0.25, -0.2) is 0 Å². The van der Waals surface area contributed by atoms with Crippen LogP contribution in [-0.2, 0) is 0 Å². The van der Waals surface area contributed by atoms with Gasteiger partial charge in [0.25, 0.3) is 0 Å². The van der Waals surface area contributed by atoms with E-state index in [0.717, 1.165) is 28.5 Å². The number of thioether (sulfide) groups is 1. The molecule has 1 heterocycles. The first kappa shape index (κ1) is 13.1. The van der Waals surface area contributed by atoms with Crippen LogP contribution in [-0.4, -0.2) is 16.6 Å². The molecule has 0 radical (unpaired) electrons. The van der Waals surface area contributed by atoms with Gasteiger partial charge in [0.15, 0.2) is 0 Å². The van der Waals surface area contributed by atoms with Crippen LogP contribution in [0, 0.1) is 0 Å². The van der Waals surface area contributed by atoms with E-state index in [0.29, 0.717) is 5.88 Å². The third-order valence-corrected chi connectivity index (χ3v) is 3.08. The lowest BCUT2D eigenvalue weighted by Crippen LogP contribution is -2.08. The van der Waals surface area contributed by atoms with Gasteiger partial charge in [-0.15, -0.1) is 23.4 Å². The van der Waals surface area contributed by atoms with Gasteiger partial charge in [-0.05, 0) is 18.6 Å². The number of nitrogens with zero attached hydrogens (tertiary/aromatic N) is 1. The molecular weight excluding hydrogens is 240 g/mol. The third kappa shape index (κ3) is 4.73. The molecule has 0 aromatic carbocycles. The molecule has 2 nitrogen and oxygen atoms in total. The van der Waals surface area contributed by atoms with Crippen molar-refractivity contribution < 1.29 is 0 Å². The molecular formula is C12H15ClN2S. The highest BCUT2D eigenvalue weighted by Crippen LogP contribution is 2.16. The predicted molar refractivity (Wildman–Crippen MR) is 73.3 cm³/mol. The number of halogens is 1. The van der Waals surface area contributed by atoms with E-state index in [1.807, 2.05) is 12.1 Å². The fraction of sp³-hybridized carbons (Fsp3) is 0.250. The molecule has 86 valence electrons. The summed E-state index contributed by atoms with van der Waals surface area (Å²) >= 11 is 7.26. The van der Waals surface area contributed by atoms with Crippen LogP contribution < -0.4 is 5.32 Å². The number of pyridine rings is 1. The molecule has 0 atom stereocenters. The minimum absolute atomic E-state index is 0.686. The number of nitrogens with one attached hydrogen (secondary N) is 1. The quantitative estimate of drug-likeness (QED) is 0.596. The van der Waals surface area contributed by atoms with Gasteiger partial charge < -0.3 is 5.32 Å². The molecule has 0 amide bonds. The van der Waals surface area contributed by atoms with Gasteiger partial charge in [-0.1, -0.05) is 13.2 Å². The second-order valence-electron chi connectivity index (χ2n) is 3.15. The first-order valence-electron chi connectivity index (χ1n) is 4.98. The molecule has 1 aromatic heterocycles. The highest BCUT2D eigenvalue weighted by atomic mass is 35.5. The summed E-state index contributed by atoms with van der Waals surface area (Å²) in [5, 5.41) is 4.05. The van der Waals surface area contributed by atoms with E-state index in [1.165, 1.54) is 0 Å². The molecule has 0 unspecified atom stereocenters. The zero-order valence-electron chi connectivity index (χ0n) is 9.08. The SMILES string of the molecule is C=C(NC(=C)c1ccncc1)SCCCCl. The lowest BCUT2D eigenvalue weighted by molar-refractivity contribution is 1.11. The first-order chi connectivity index (χ1) is 7.74. The third-order valence-electron chi connectivity index (χ3n) is 1.87. The Hall–Kier alpha value is -0.930. The lowest BCUT2D eigenvalue weighted by Gasteiger charge is -2.11. The van der Waals surface area contributed by atoms with E-state index in [-0.39, 0.29) is 0 Å². The van der Waals surface area contributed by atoms with E-state index >= 15 is 0 Å². The summed E-state index contributed by atoms with van der Waals surface area (Å²) in [7, 11) is 0. The van der Waals surface area contributed by atoms with Gasteiger partial charge >= 0.3 is 0 Å². The lowest BCUT2D eigenvalue weighted by atomic mass is 10.2. The number of hydrogen-bond donors (Lipinski definition) is 1. The van der Waals surface area contributed by atoms with Gasteiger partial charge in [-0.3, -0.25) is 4.98 Å². The molecule has 0 bridgehead atoms. The highest BCUT2D eigenvalue weighted by Gasteiger charge is 2.00. The Labute approximate surface area is 106 Å². The maximum atomic E-state index is 5.60. The van der Waals surface area contributed by atoms with Crippen LogP contribution in [0.1, 0.15) is 12.0 Å². The van der Waals surface area contributed by atoms with Crippen LogP contribution in [0.25, 0.3) is 5.70 Å². The monoisotopic (exact) mass is 254 g/mol. The molecule has 4 heteroatoms. The number of rotatable bonds is 7. The Bertz CT molecular complexity index is 351. The Morgan fingerprint density at radius 3 is 2.69 bits per heavy atom. The Morgan fingerprint density at radius 2 is 2.06 bits per heavy atom. The summed E-state index contributed by atoms with van der Waals surface area (Å²) in [5.41, 5.74) is 1.86. The first-order valence-corrected chi connectivity index (χ1v) is 6.50. The number of hydrogen-bond acceptors (Lipinski definition) is 3. The summed E-state index contributed by atoms with van der Waals surface area (Å²) in [6.07, 6.45) is 4.46. The highest BCUT2D eigenvalue weighted by molar-refractivity contribution is 8.03. The van der Waals surface area contributed by atoms with Gasteiger partial charge in [0.1, 0.15) is 0 Å². The Morgan fingerprint density at radius 1 is 1.38 bits per heavy atom. The van der Waals surface area contributed by atoms with Crippen molar-refractivity contribution in [2.24, 2.45) is 0 Å². The van der Waals surface area contributed by atoms with E-state index < -0.39 is 0 Å². The van der Waals surface area contributed by atoms with Crippen molar-refractivity contribution in [3.63, 3.8) is 0 Å². The second kappa shape index (κ2) is 7.36. The molecule has 0 aliphatic carbocycles. The van der Waals surface area contributed by atoms with Crippen LogP contribution in [0.15, 0.2) is 42.7 Å². The van der Waals surface area contributed by atoms with E-state index in [4.69, 9.17) is 11.6 Å². The van der Waals surface area contributed by atoms with Crippen molar-refractivity contribution in [3.8, 4) is 0 Å². The van der Waals surface area contributed by atoms with E-state index in [2.05, 4.69) is 23.5 Å². The van der Waals surface area contributed by atoms with Crippen LogP contribution in [0.3, 0.4) is 0 Å². The molecule has 16 heavy (non-hydrogen) atoms. The van der Waals surface area contributed by atoms with Crippen molar-refractivity contribution in [1.29, 1.82) is 0 Å². The summed E-state index contributed by atoms with van der Waals surface area (Å²) < 4.78 is 0. The van der Waals surface area contributed by atoms with Crippen molar-refractivity contribution in [2.45, 2.75) is 6.42 Å². The Balaban J connectivity index is 2.37. The zero-order valence-corrected chi connectivity index (χ0v) is 10.7. The molecule has 0 saturated carbocycles. The van der Waals surface area contributed by atoms with Gasteiger partial charge in [0, 0.05) is 35.3 Å². The molecule has 0 aliphatic heterocycles. The van der Waals surface area contributed by atoms with Crippen molar-refractivity contribution in [1.82, 2.24) is 10.3 Å². The van der Waals surface area contributed by atoms with Crippen molar-refractivity contribution >= 4 is 29.1 Å². The second-order valence-corrected chi connectivity index (χ2v) is 4.72. The Kier molecular flexibility index (Phi) is 6.04. The normalized spacial score (nSPS) is 9.81. The number of alkyl halides is 1. The topological polar surface area (TPSA) is 24.9 Å². The molecule has 0 spiro atoms. The standard InChI is InChI=1S/C12H15ClN2S/c1-10(12-4-7-14-8-5-12)15-11(2)16-9-3-6-13/h4-5,7-8,15H,1-3,6,9H2. The number of aromatic nitrogens is 1. The molecule has 1 rings (SSSR count). The van der Waals surface area contributed by atoms with Crippen molar-refractivity contribution in [3.05, 3.63) is 48.3 Å². The smallest absolute Gasteiger partial charge is 0.0652 e. The van der Waals surface area contributed by atoms with E-state index in [1.54, 1.807) is 24.2 Å². The van der Waals surface area contributed by atoms with Gasteiger partial charge in [0.2, 0.25) is 0 Å². The average molecular weight is 255 g/mol. The van der Waals surface area contributed by atoms with Crippen LogP contribution in [0.4, 0.5) is 0 Å². The summed E-state index contributed by atoms with van der Waals surface area (Å²) in [5.74, 6) is 1.66. The molecule has 1 N–H and O–H groups in total. The fourth-order valence-electron chi connectivity index (χ4n) is 1.08. The predicted octanol–water partition coefficient (Wildman–Crippen LogP) is 3.48. The van der Waals surface area contributed by atoms with Crippen molar-refractivity contribution in [2.75, 3.05) is 11.6 Å². The minimum atomic E-state index is 0.686. The molecule has 0 saturated heterocycles. The van der Waals surface area contributed by atoms with E-state index in [9.17, 15) is 0 Å². The summed E-state index contributed by atoms with van der Waals surface area (Å²) in [6.45, 7) is 7.88. The molecule has 0 fully saturated rings. The van der Waals surface area contributed by atoms with Crippen LogP contribution >= 0.6 is 23.4 Å². The van der Waals surface area contributed by atoms with Gasteiger partial charge in [0.05, 0.1) is 5.03 Å². The largest absolute Gasteiger partial charge is 0.351 e. The maximum Gasteiger partial charge on any atom is 0.0652 e. The summed E-state index contributed by atoms with van der Waals surface area (Å²) in [4.78, 5) is 3.96. The summed E-state index contributed by atoms with van der Waals surface area (Å²) in [6, 6.07) is 3.82. The van der Waals surface area contributed by atoms with Crippen LogP contribution in [0.2, 0.25) is 0 Å². The molecule has 1 aromatic rings. The van der Waals surface area contributed by atoms with Crippen LogP contribution in [0.5, 0.6) is 0 Å².